The van der Waals surface area contributed by atoms with Crippen molar-refractivity contribution < 1.29 is 0 Å². The average Bonchev–Trinajstić information content (AvgIpc) is 2.82. The summed E-state index contributed by atoms with van der Waals surface area (Å²) in [6, 6.07) is 0.568. The van der Waals surface area contributed by atoms with Crippen molar-refractivity contribution in [3.8, 4) is 0 Å². The minimum atomic E-state index is 0.568. The van der Waals surface area contributed by atoms with Gasteiger partial charge >= 0.3 is 0 Å². The van der Waals surface area contributed by atoms with E-state index in [1.165, 1.54) is 36.2 Å². The second-order valence-electron chi connectivity index (χ2n) is 5.33. The Morgan fingerprint density at radius 1 is 1.41 bits per heavy atom. The molecule has 0 fully saturated rings. The lowest BCUT2D eigenvalue weighted by atomic mass is 10.2. The summed E-state index contributed by atoms with van der Waals surface area (Å²) in [5.74, 6) is 0. The normalized spacial score (nSPS) is 14.9. The highest BCUT2D eigenvalue weighted by Gasteiger charge is 2.18. The largest absolute Gasteiger partial charge is 0.313 e. The maximum Gasteiger partial charge on any atom is 0.0796 e. The third-order valence-corrected chi connectivity index (χ3v) is 3.36. The molecule has 96 valence electrons. The van der Waals surface area contributed by atoms with Crippen LogP contribution in [0.1, 0.15) is 37.2 Å². The maximum atomic E-state index is 4.43. The van der Waals surface area contributed by atoms with E-state index in [1.807, 2.05) is 0 Å². The van der Waals surface area contributed by atoms with Gasteiger partial charge in [-0.05, 0) is 31.9 Å². The number of rotatable bonds is 6. The fourth-order valence-electron chi connectivity index (χ4n) is 2.40. The van der Waals surface area contributed by atoms with Crippen LogP contribution in [0.5, 0.6) is 0 Å². The van der Waals surface area contributed by atoms with Crippen LogP contribution in [0.15, 0.2) is 0 Å². The van der Waals surface area contributed by atoms with E-state index in [2.05, 4.69) is 41.3 Å². The minimum absolute atomic E-state index is 0.568. The number of nitrogens with one attached hydrogen (secondary N) is 2. The van der Waals surface area contributed by atoms with Gasteiger partial charge < -0.3 is 5.32 Å². The molecule has 2 N–H and O–H groups in total. The molecule has 0 aliphatic heterocycles. The van der Waals surface area contributed by atoms with Crippen molar-refractivity contribution in [2.24, 2.45) is 0 Å². The Kier molecular flexibility index (Phi) is 4.18. The molecular weight excluding hydrogens is 212 g/mol. The van der Waals surface area contributed by atoms with Gasteiger partial charge in [-0.2, -0.15) is 5.10 Å². The molecule has 2 rings (SSSR count). The topological polar surface area (TPSA) is 44.0 Å². The van der Waals surface area contributed by atoms with Gasteiger partial charge in [0.15, 0.2) is 0 Å². The van der Waals surface area contributed by atoms with Crippen molar-refractivity contribution in [1.29, 1.82) is 0 Å². The highest BCUT2D eigenvalue weighted by Crippen LogP contribution is 2.23. The van der Waals surface area contributed by atoms with E-state index in [9.17, 15) is 0 Å². The molecule has 1 heterocycles. The summed E-state index contributed by atoms with van der Waals surface area (Å²) in [6.45, 7) is 7.44. The van der Waals surface area contributed by atoms with Crippen molar-refractivity contribution >= 4 is 0 Å². The van der Waals surface area contributed by atoms with Crippen LogP contribution in [0, 0.1) is 0 Å². The standard InChI is InChI=1S/C13H24N4/c1-10(2)14-7-8-17(3)9-13-11-5-4-6-12(11)15-16-13/h10,14H,4-9H2,1-3H3,(H,15,16). The molecule has 1 aromatic heterocycles. The van der Waals surface area contributed by atoms with Gasteiger partial charge in [0.25, 0.3) is 0 Å². The third kappa shape index (κ3) is 3.30. The molecule has 0 spiro atoms. The van der Waals surface area contributed by atoms with E-state index in [-0.39, 0.29) is 0 Å². The molecule has 1 aliphatic rings. The lowest BCUT2D eigenvalue weighted by Gasteiger charge is -2.17. The van der Waals surface area contributed by atoms with E-state index in [0.717, 1.165) is 19.6 Å². The summed E-state index contributed by atoms with van der Waals surface area (Å²) in [4.78, 5) is 2.34. The first kappa shape index (κ1) is 12.6. The van der Waals surface area contributed by atoms with Gasteiger partial charge in [-0.25, -0.2) is 0 Å². The Morgan fingerprint density at radius 3 is 3.00 bits per heavy atom. The number of aryl methyl sites for hydroxylation is 1. The third-order valence-electron chi connectivity index (χ3n) is 3.36. The van der Waals surface area contributed by atoms with Gasteiger partial charge in [0.1, 0.15) is 0 Å². The fourth-order valence-corrected chi connectivity index (χ4v) is 2.40. The molecule has 0 atom stereocenters. The number of H-pyrrole nitrogens is 1. The minimum Gasteiger partial charge on any atom is -0.313 e. The number of fused-ring (bicyclic) bond motifs is 1. The van der Waals surface area contributed by atoms with E-state index in [0.29, 0.717) is 6.04 Å². The van der Waals surface area contributed by atoms with Crippen molar-refractivity contribution in [2.75, 3.05) is 20.1 Å². The Hall–Kier alpha value is -0.870. The van der Waals surface area contributed by atoms with E-state index in [1.54, 1.807) is 0 Å². The summed E-state index contributed by atoms with van der Waals surface area (Å²) < 4.78 is 0. The second kappa shape index (κ2) is 5.65. The van der Waals surface area contributed by atoms with Crippen molar-refractivity contribution in [3.63, 3.8) is 0 Å². The fraction of sp³-hybridized carbons (Fsp3) is 0.769. The molecule has 1 aliphatic carbocycles. The Bertz CT molecular complexity index is 356. The van der Waals surface area contributed by atoms with Gasteiger partial charge in [0, 0.05) is 31.4 Å². The number of hydrogen-bond donors (Lipinski definition) is 2. The maximum absolute atomic E-state index is 4.43. The molecular formula is C13H24N4. The Morgan fingerprint density at radius 2 is 2.24 bits per heavy atom. The van der Waals surface area contributed by atoms with Crippen molar-refractivity contribution in [1.82, 2.24) is 20.4 Å². The van der Waals surface area contributed by atoms with Crippen LogP contribution in [-0.2, 0) is 19.4 Å². The van der Waals surface area contributed by atoms with Crippen LogP contribution in [0.2, 0.25) is 0 Å². The van der Waals surface area contributed by atoms with Crippen LogP contribution < -0.4 is 5.32 Å². The van der Waals surface area contributed by atoms with Crippen LogP contribution in [-0.4, -0.2) is 41.3 Å². The monoisotopic (exact) mass is 236 g/mol. The first-order valence-electron chi connectivity index (χ1n) is 6.63. The number of likely N-dealkylation sites (N-methyl/N-ethyl adjacent to an activating group) is 1. The van der Waals surface area contributed by atoms with Crippen LogP contribution in [0.4, 0.5) is 0 Å². The van der Waals surface area contributed by atoms with Gasteiger partial charge in [-0.1, -0.05) is 13.8 Å². The molecule has 4 nitrogen and oxygen atoms in total. The molecule has 0 saturated carbocycles. The van der Waals surface area contributed by atoms with Gasteiger partial charge in [0.05, 0.1) is 5.69 Å². The number of aromatic amines is 1. The summed E-state index contributed by atoms with van der Waals surface area (Å²) in [6.07, 6.45) is 3.68. The molecule has 0 amide bonds. The zero-order valence-electron chi connectivity index (χ0n) is 11.2. The van der Waals surface area contributed by atoms with Crippen molar-refractivity contribution in [2.45, 2.75) is 45.7 Å². The highest BCUT2D eigenvalue weighted by atomic mass is 15.2. The molecule has 0 unspecified atom stereocenters. The van der Waals surface area contributed by atoms with E-state index < -0.39 is 0 Å². The highest BCUT2D eigenvalue weighted by molar-refractivity contribution is 5.29. The number of hydrogen-bond acceptors (Lipinski definition) is 3. The molecule has 1 aromatic rings. The molecule has 0 bridgehead atoms. The van der Waals surface area contributed by atoms with Crippen LogP contribution in [0.3, 0.4) is 0 Å². The van der Waals surface area contributed by atoms with Gasteiger partial charge in [0.2, 0.25) is 0 Å². The predicted molar refractivity (Wildman–Crippen MR) is 70.1 cm³/mol. The summed E-state index contributed by atoms with van der Waals surface area (Å²) in [5, 5.41) is 11.0. The molecule has 4 heteroatoms. The summed E-state index contributed by atoms with van der Waals surface area (Å²) in [5.41, 5.74) is 4.10. The van der Waals surface area contributed by atoms with E-state index >= 15 is 0 Å². The zero-order valence-corrected chi connectivity index (χ0v) is 11.2. The molecule has 17 heavy (non-hydrogen) atoms. The smallest absolute Gasteiger partial charge is 0.0796 e. The Balaban J connectivity index is 1.80. The summed E-state index contributed by atoms with van der Waals surface area (Å²) in [7, 11) is 2.16. The quantitative estimate of drug-likeness (QED) is 0.783. The number of nitrogens with zero attached hydrogens (tertiary/aromatic N) is 2. The van der Waals surface area contributed by atoms with Crippen LogP contribution >= 0.6 is 0 Å². The first-order valence-corrected chi connectivity index (χ1v) is 6.63. The average molecular weight is 236 g/mol. The molecule has 0 saturated heterocycles. The number of aromatic nitrogens is 2. The predicted octanol–water partition coefficient (Wildman–Crippen LogP) is 1.33. The molecule has 0 aromatic carbocycles. The summed E-state index contributed by atoms with van der Waals surface area (Å²) >= 11 is 0. The first-order chi connectivity index (χ1) is 8.16. The van der Waals surface area contributed by atoms with Crippen molar-refractivity contribution in [3.05, 3.63) is 17.0 Å². The zero-order chi connectivity index (χ0) is 12.3. The van der Waals surface area contributed by atoms with Gasteiger partial charge in [-0.3, -0.25) is 10.00 Å². The lowest BCUT2D eigenvalue weighted by molar-refractivity contribution is 0.315. The van der Waals surface area contributed by atoms with Gasteiger partial charge in [-0.15, -0.1) is 0 Å². The SMILES string of the molecule is CC(C)NCCN(C)Cc1n[nH]c2c1CCC2. The Labute approximate surface area is 104 Å². The second-order valence-corrected chi connectivity index (χ2v) is 5.33. The molecule has 0 radical (unpaired) electrons. The lowest BCUT2D eigenvalue weighted by Crippen LogP contribution is -2.32. The van der Waals surface area contributed by atoms with E-state index in [4.69, 9.17) is 0 Å². The van der Waals surface area contributed by atoms with Crippen LogP contribution in [0.25, 0.3) is 0 Å².